The molecule has 2 rings (SSSR count). The molecule has 1 fully saturated rings. The predicted molar refractivity (Wildman–Crippen MR) is 70.8 cm³/mol. The summed E-state index contributed by atoms with van der Waals surface area (Å²) in [4.78, 5) is 16.0. The van der Waals surface area contributed by atoms with Crippen LogP contribution in [0.1, 0.15) is 44.2 Å². The van der Waals surface area contributed by atoms with Crippen molar-refractivity contribution < 1.29 is 4.79 Å². The number of carbonyl (C=O) groups is 1. The van der Waals surface area contributed by atoms with E-state index in [1.54, 1.807) is 12.4 Å². The Morgan fingerprint density at radius 3 is 2.67 bits per heavy atom. The SMILES string of the molecule is C[C@H](NC(=O)CC1(CN)CCC1)c1ccncc1. The van der Waals surface area contributed by atoms with Crippen LogP contribution < -0.4 is 11.1 Å². The second kappa shape index (κ2) is 5.48. The summed E-state index contributed by atoms with van der Waals surface area (Å²) in [5, 5.41) is 3.03. The van der Waals surface area contributed by atoms with E-state index in [9.17, 15) is 4.79 Å². The van der Waals surface area contributed by atoms with Gasteiger partial charge in [0.1, 0.15) is 0 Å². The van der Waals surface area contributed by atoms with Crippen molar-refractivity contribution in [3.63, 3.8) is 0 Å². The lowest BCUT2D eigenvalue weighted by Crippen LogP contribution is -2.42. The maximum absolute atomic E-state index is 12.0. The van der Waals surface area contributed by atoms with Gasteiger partial charge in [0.15, 0.2) is 0 Å². The van der Waals surface area contributed by atoms with E-state index in [2.05, 4.69) is 10.3 Å². The summed E-state index contributed by atoms with van der Waals surface area (Å²) >= 11 is 0. The molecule has 18 heavy (non-hydrogen) atoms. The molecule has 1 atom stereocenters. The zero-order chi connectivity index (χ0) is 13.0. The molecule has 0 aromatic carbocycles. The zero-order valence-corrected chi connectivity index (χ0v) is 10.9. The standard InChI is InChI=1S/C14H21N3O/c1-11(12-3-7-16-8-4-12)17-13(18)9-14(10-15)5-2-6-14/h3-4,7-8,11H,2,5-6,9-10,15H2,1H3,(H,17,18)/t11-/m0/s1. The van der Waals surface area contributed by atoms with Gasteiger partial charge in [-0.3, -0.25) is 9.78 Å². The Labute approximate surface area is 108 Å². The van der Waals surface area contributed by atoms with Gasteiger partial charge in [-0.15, -0.1) is 0 Å². The highest BCUT2D eigenvalue weighted by atomic mass is 16.1. The molecule has 1 aromatic heterocycles. The summed E-state index contributed by atoms with van der Waals surface area (Å²) in [5.41, 5.74) is 6.92. The number of nitrogens with two attached hydrogens (primary N) is 1. The van der Waals surface area contributed by atoms with E-state index in [1.165, 1.54) is 6.42 Å². The van der Waals surface area contributed by atoms with Crippen molar-refractivity contribution in [1.82, 2.24) is 10.3 Å². The quantitative estimate of drug-likeness (QED) is 0.833. The average molecular weight is 247 g/mol. The van der Waals surface area contributed by atoms with Crippen LogP contribution in [0.15, 0.2) is 24.5 Å². The molecule has 1 saturated carbocycles. The largest absolute Gasteiger partial charge is 0.350 e. The van der Waals surface area contributed by atoms with Gasteiger partial charge in [0.25, 0.3) is 0 Å². The molecule has 1 heterocycles. The summed E-state index contributed by atoms with van der Waals surface area (Å²) < 4.78 is 0. The van der Waals surface area contributed by atoms with Gasteiger partial charge in [0.05, 0.1) is 6.04 Å². The van der Waals surface area contributed by atoms with Crippen molar-refractivity contribution in [2.75, 3.05) is 6.54 Å². The second-order valence-electron chi connectivity index (χ2n) is 5.30. The first-order chi connectivity index (χ1) is 8.65. The Kier molecular flexibility index (Phi) is 3.97. The van der Waals surface area contributed by atoms with Gasteiger partial charge in [0.2, 0.25) is 5.91 Å². The van der Waals surface area contributed by atoms with Gasteiger partial charge < -0.3 is 11.1 Å². The number of carbonyl (C=O) groups excluding carboxylic acids is 1. The molecule has 0 aliphatic heterocycles. The van der Waals surface area contributed by atoms with Crippen LogP contribution in [-0.4, -0.2) is 17.4 Å². The van der Waals surface area contributed by atoms with Gasteiger partial charge in [-0.25, -0.2) is 0 Å². The summed E-state index contributed by atoms with van der Waals surface area (Å²) in [6.45, 7) is 2.60. The molecule has 1 aliphatic carbocycles. The van der Waals surface area contributed by atoms with Crippen molar-refractivity contribution in [3.8, 4) is 0 Å². The van der Waals surface area contributed by atoms with Crippen molar-refractivity contribution in [3.05, 3.63) is 30.1 Å². The number of hydrogen-bond acceptors (Lipinski definition) is 3. The Morgan fingerprint density at radius 1 is 1.50 bits per heavy atom. The number of nitrogens with zero attached hydrogens (tertiary/aromatic N) is 1. The Morgan fingerprint density at radius 2 is 2.17 bits per heavy atom. The van der Waals surface area contributed by atoms with Gasteiger partial charge in [-0.05, 0) is 49.4 Å². The number of aromatic nitrogens is 1. The molecule has 0 bridgehead atoms. The number of nitrogens with one attached hydrogen (secondary N) is 1. The Balaban J connectivity index is 1.88. The Bertz CT molecular complexity index is 395. The van der Waals surface area contributed by atoms with Crippen LogP contribution in [0.3, 0.4) is 0 Å². The first-order valence-electron chi connectivity index (χ1n) is 6.55. The van der Waals surface area contributed by atoms with E-state index in [0.29, 0.717) is 13.0 Å². The lowest BCUT2D eigenvalue weighted by atomic mass is 9.66. The molecule has 0 saturated heterocycles. The highest BCUT2D eigenvalue weighted by Crippen LogP contribution is 2.42. The van der Waals surface area contributed by atoms with Crippen LogP contribution in [-0.2, 0) is 4.79 Å². The topological polar surface area (TPSA) is 68.0 Å². The normalized spacial score (nSPS) is 18.8. The average Bonchev–Trinajstić information content (AvgIpc) is 2.35. The van der Waals surface area contributed by atoms with Crippen molar-refractivity contribution in [2.45, 2.75) is 38.6 Å². The highest BCUT2D eigenvalue weighted by molar-refractivity contribution is 5.77. The van der Waals surface area contributed by atoms with Crippen LogP contribution in [0, 0.1) is 5.41 Å². The minimum atomic E-state index is 0.0235. The van der Waals surface area contributed by atoms with Crippen LogP contribution in [0.2, 0.25) is 0 Å². The van der Waals surface area contributed by atoms with Crippen molar-refractivity contribution >= 4 is 5.91 Å². The third-order valence-corrected chi connectivity index (χ3v) is 3.97. The molecule has 3 N–H and O–H groups in total. The number of pyridine rings is 1. The van der Waals surface area contributed by atoms with E-state index < -0.39 is 0 Å². The molecule has 1 aliphatic rings. The molecule has 4 heteroatoms. The zero-order valence-electron chi connectivity index (χ0n) is 10.9. The van der Waals surface area contributed by atoms with Crippen molar-refractivity contribution in [1.29, 1.82) is 0 Å². The third kappa shape index (κ3) is 2.88. The summed E-state index contributed by atoms with van der Waals surface area (Å²) in [5.74, 6) is 0.101. The summed E-state index contributed by atoms with van der Waals surface area (Å²) in [6.07, 6.45) is 7.40. The van der Waals surface area contributed by atoms with E-state index in [0.717, 1.165) is 18.4 Å². The molecule has 0 radical (unpaired) electrons. The number of amides is 1. The lowest BCUT2D eigenvalue weighted by molar-refractivity contribution is -0.125. The molecule has 4 nitrogen and oxygen atoms in total. The molecule has 98 valence electrons. The van der Waals surface area contributed by atoms with E-state index in [1.807, 2.05) is 19.1 Å². The van der Waals surface area contributed by atoms with Crippen LogP contribution in [0.5, 0.6) is 0 Å². The van der Waals surface area contributed by atoms with Gasteiger partial charge in [-0.2, -0.15) is 0 Å². The second-order valence-corrected chi connectivity index (χ2v) is 5.30. The minimum Gasteiger partial charge on any atom is -0.350 e. The fraction of sp³-hybridized carbons (Fsp3) is 0.571. The molecule has 0 spiro atoms. The fourth-order valence-electron chi connectivity index (χ4n) is 2.50. The van der Waals surface area contributed by atoms with E-state index >= 15 is 0 Å². The summed E-state index contributed by atoms with van der Waals surface area (Å²) in [7, 11) is 0. The maximum atomic E-state index is 12.0. The van der Waals surface area contributed by atoms with Gasteiger partial charge >= 0.3 is 0 Å². The van der Waals surface area contributed by atoms with Crippen molar-refractivity contribution in [2.24, 2.45) is 11.1 Å². The monoisotopic (exact) mass is 247 g/mol. The molecule has 0 unspecified atom stereocenters. The minimum absolute atomic E-state index is 0.0235. The highest BCUT2D eigenvalue weighted by Gasteiger charge is 2.37. The molecule has 1 aromatic rings. The first kappa shape index (κ1) is 13.0. The van der Waals surface area contributed by atoms with Crippen LogP contribution in [0.25, 0.3) is 0 Å². The first-order valence-corrected chi connectivity index (χ1v) is 6.55. The van der Waals surface area contributed by atoms with Gasteiger partial charge in [0, 0.05) is 18.8 Å². The number of rotatable bonds is 5. The van der Waals surface area contributed by atoms with E-state index in [4.69, 9.17) is 5.73 Å². The lowest BCUT2D eigenvalue weighted by Gasteiger charge is -2.40. The predicted octanol–water partition coefficient (Wildman–Crippen LogP) is 1.78. The van der Waals surface area contributed by atoms with Crippen LogP contribution in [0.4, 0.5) is 0 Å². The fourth-order valence-corrected chi connectivity index (χ4v) is 2.50. The third-order valence-electron chi connectivity index (χ3n) is 3.97. The summed E-state index contributed by atoms with van der Waals surface area (Å²) in [6, 6.07) is 3.87. The van der Waals surface area contributed by atoms with Gasteiger partial charge in [-0.1, -0.05) is 6.42 Å². The molecular formula is C14H21N3O. The molecule has 1 amide bonds. The number of hydrogen-bond donors (Lipinski definition) is 2. The van der Waals surface area contributed by atoms with E-state index in [-0.39, 0.29) is 17.4 Å². The maximum Gasteiger partial charge on any atom is 0.221 e. The smallest absolute Gasteiger partial charge is 0.221 e. The Hall–Kier alpha value is -1.42. The van der Waals surface area contributed by atoms with Crippen LogP contribution >= 0.6 is 0 Å². The molecular weight excluding hydrogens is 226 g/mol.